The molecular formula is C22H26O4. The summed E-state index contributed by atoms with van der Waals surface area (Å²) in [5.41, 5.74) is 0.679. The van der Waals surface area contributed by atoms with Crippen molar-refractivity contribution in [2.24, 2.45) is 22.7 Å². The van der Waals surface area contributed by atoms with Crippen LogP contribution >= 0.6 is 0 Å². The van der Waals surface area contributed by atoms with Crippen LogP contribution in [0.2, 0.25) is 0 Å². The summed E-state index contributed by atoms with van der Waals surface area (Å²) in [6.45, 7) is 4.66. The zero-order valence-electron chi connectivity index (χ0n) is 15.5. The van der Waals surface area contributed by atoms with E-state index in [4.69, 9.17) is 9.47 Å². The molecule has 6 rings (SSSR count). The van der Waals surface area contributed by atoms with Crippen LogP contribution in [0.3, 0.4) is 0 Å². The number of allylic oxidation sites excluding steroid dienone is 2. The SMILES string of the molecule is CC12CCC(=O)C=C1C=C[C@H]1[C@@H]3CC[C@@]4(CCC(=O)O4)[C@@]3(C)C[C@H]3OC312. The summed E-state index contributed by atoms with van der Waals surface area (Å²) in [5, 5.41) is 0. The molecule has 6 aliphatic rings. The standard InChI is InChI=1S/C22H26O4/c1-19-8-5-14(23)11-13(19)3-4-16-15-6-9-21(10-7-18(24)26-21)20(15,2)12-17-22(16,19)25-17/h3-4,11,15-17H,5-10,12H2,1-2H3/t15-,16-,17+,19?,20-,21+,22?/m0/s1. The number of rotatable bonds is 0. The smallest absolute Gasteiger partial charge is 0.306 e. The number of epoxide rings is 1. The lowest BCUT2D eigenvalue weighted by atomic mass is 9.47. The van der Waals surface area contributed by atoms with Gasteiger partial charge in [-0.05, 0) is 49.7 Å². The van der Waals surface area contributed by atoms with Gasteiger partial charge in [-0.15, -0.1) is 0 Å². The van der Waals surface area contributed by atoms with Crippen molar-refractivity contribution >= 4 is 11.8 Å². The first-order chi connectivity index (χ1) is 12.3. The van der Waals surface area contributed by atoms with Crippen molar-refractivity contribution in [1.82, 2.24) is 0 Å². The van der Waals surface area contributed by atoms with E-state index in [1.807, 2.05) is 6.08 Å². The van der Waals surface area contributed by atoms with Crippen LogP contribution in [-0.4, -0.2) is 29.1 Å². The van der Waals surface area contributed by atoms with E-state index in [1.165, 1.54) is 0 Å². The largest absolute Gasteiger partial charge is 0.458 e. The quantitative estimate of drug-likeness (QED) is 0.493. The van der Waals surface area contributed by atoms with Crippen LogP contribution in [0.1, 0.15) is 58.8 Å². The molecule has 4 aliphatic carbocycles. The van der Waals surface area contributed by atoms with Crippen molar-refractivity contribution in [3.63, 3.8) is 0 Å². The monoisotopic (exact) mass is 354 g/mol. The van der Waals surface area contributed by atoms with Gasteiger partial charge in [0.1, 0.15) is 11.2 Å². The van der Waals surface area contributed by atoms with Crippen LogP contribution < -0.4 is 0 Å². The van der Waals surface area contributed by atoms with Gasteiger partial charge in [0, 0.05) is 29.6 Å². The molecule has 7 atom stereocenters. The molecule has 0 N–H and O–H groups in total. The van der Waals surface area contributed by atoms with Gasteiger partial charge in [0.2, 0.25) is 0 Å². The third-order valence-corrected chi connectivity index (χ3v) is 9.23. The highest BCUT2D eigenvalue weighted by atomic mass is 16.6. The fourth-order valence-electron chi connectivity index (χ4n) is 7.73. The van der Waals surface area contributed by atoms with Gasteiger partial charge in [-0.25, -0.2) is 0 Å². The van der Waals surface area contributed by atoms with Gasteiger partial charge in [0.15, 0.2) is 5.78 Å². The highest BCUT2D eigenvalue weighted by Crippen LogP contribution is 2.76. The minimum absolute atomic E-state index is 0.000890. The highest BCUT2D eigenvalue weighted by molar-refractivity contribution is 5.92. The second kappa shape index (κ2) is 4.35. The minimum Gasteiger partial charge on any atom is -0.458 e. The zero-order valence-corrected chi connectivity index (χ0v) is 15.5. The molecule has 2 spiro atoms. The number of hydrogen-bond donors (Lipinski definition) is 0. The Morgan fingerprint density at radius 1 is 1.12 bits per heavy atom. The van der Waals surface area contributed by atoms with Gasteiger partial charge in [0.05, 0.1) is 6.10 Å². The zero-order chi connectivity index (χ0) is 17.9. The molecule has 0 amide bonds. The average molecular weight is 354 g/mol. The number of ketones is 1. The number of fused-ring (bicyclic) bond motifs is 4. The molecule has 26 heavy (non-hydrogen) atoms. The number of esters is 1. The van der Waals surface area contributed by atoms with Gasteiger partial charge in [-0.3, -0.25) is 9.59 Å². The summed E-state index contributed by atoms with van der Waals surface area (Å²) < 4.78 is 12.6. The van der Waals surface area contributed by atoms with E-state index in [2.05, 4.69) is 26.0 Å². The first-order valence-corrected chi connectivity index (χ1v) is 10.2. The number of carbonyl (C=O) groups excluding carboxylic acids is 2. The number of hydrogen-bond acceptors (Lipinski definition) is 4. The molecule has 4 heteroatoms. The number of ether oxygens (including phenoxy) is 2. The molecule has 2 saturated carbocycles. The summed E-state index contributed by atoms with van der Waals surface area (Å²) in [6, 6.07) is 0. The van der Waals surface area contributed by atoms with Gasteiger partial charge in [-0.1, -0.05) is 26.0 Å². The molecule has 2 aliphatic heterocycles. The lowest BCUT2D eigenvalue weighted by Crippen LogP contribution is -2.58. The summed E-state index contributed by atoms with van der Waals surface area (Å²) >= 11 is 0. The fraction of sp³-hybridized carbons (Fsp3) is 0.727. The minimum atomic E-state index is -0.278. The second-order valence-corrected chi connectivity index (χ2v) is 9.92. The highest BCUT2D eigenvalue weighted by Gasteiger charge is 2.80. The molecule has 4 nitrogen and oxygen atoms in total. The van der Waals surface area contributed by atoms with Crippen LogP contribution in [0.25, 0.3) is 0 Å². The van der Waals surface area contributed by atoms with E-state index in [1.54, 1.807) is 0 Å². The van der Waals surface area contributed by atoms with Crippen molar-refractivity contribution in [3.05, 3.63) is 23.8 Å². The number of carbonyl (C=O) groups is 2. The molecule has 0 aromatic rings. The molecule has 2 heterocycles. The molecule has 0 bridgehead atoms. The molecule has 4 fully saturated rings. The lowest BCUT2D eigenvalue weighted by Gasteiger charge is -2.54. The molecule has 2 saturated heterocycles. The molecule has 0 aromatic heterocycles. The average Bonchev–Trinajstić information content (AvgIpc) is 3.08. The van der Waals surface area contributed by atoms with Crippen LogP contribution in [0, 0.1) is 22.7 Å². The van der Waals surface area contributed by atoms with Gasteiger partial charge in [0.25, 0.3) is 0 Å². The Bertz CT molecular complexity index is 811. The Kier molecular flexibility index (Phi) is 2.61. The summed E-state index contributed by atoms with van der Waals surface area (Å²) in [5.74, 6) is 1.06. The Balaban J connectivity index is 1.46. The maximum absolute atomic E-state index is 12.0. The van der Waals surface area contributed by atoms with E-state index >= 15 is 0 Å². The van der Waals surface area contributed by atoms with E-state index in [9.17, 15) is 9.59 Å². The first kappa shape index (κ1) is 15.6. The van der Waals surface area contributed by atoms with E-state index in [0.717, 1.165) is 37.7 Å². The van der Waals surface area contributed by atoms with Crippen molar-refractivity contribution in [2.75, 3.05) is 0 Å². The predicted octanol–water partition coefficient (Wildman–Crippen LogP) is 3.50. The maximum atomic E-state index is 12.0. The van der Waals surface area contributed by atoms with Crippen molar-refractivity contribution in [2.45, 2.75) is 76.1 Å². The second-order valence-electron chi connectivity index (χ2n) is 9.92. The van der Waals surface area contributed by atoms with Gasteiger partial charge >= 0.3 is 5.97 Å². The summed E-state index contributed by atoms with van der Waals surface area (Å²) in [7, 11) is 0. The van der Waals surface area contributed by atoms with Crippen LogP contribution in [0.15, 0.2) is 23.8 Å². The molecular weight excluding hydrogens is 328 g/mol. The third kappa shape index (κ3) is 1.47. The van der Waals surface area contributed by atoms with Gasteiger partial charge in [-0.2, -0.15) is 0 Å². The summed E-state index contributed by atoms with van der Waals surface area (Å²) in [6.07, 6.45) is 12.6. The topological polar surface area (TPSA) is 55.9 Å². The Morgan fingerprint density at radius 3 is 2.73 bits per heavy atom. The van der Waals surface area contributed by atoms with E-state index in [-0.39, 0.29) is 39.9 Å². The van der Waals surface area contributed by atoms with E-state index < -0.39 is 0 Å². The van der Waals surface area contributed by atoms with E-state index in [0.29, 0.717) is 24.7 Å². The molecule has 138 valence electrons. The Hall–Kier alpha value is -1.42. The Labute approximate surface area is 154 Å². The molecule has 0 aromatic carbocycles. The van der Waals surface area contributed by atoms with Crippen LogP contribution in [-0.2, 0) is 19.1 Å². The lowest BCUT2D eigenvalue weighted by molar-refractivity contribution is -0.162. The van der Waals surface area contributed by atoms with Crippen molar-refractivity contribution in [1.29, 1.82) is 0 Å². The summed E-state index contributed by atoms with van der Waals surface area (Å²) in [4.78, 5) is 23.9. The van der Waals surface area contributed by atoms with Crippen molar-refractivity contribution in [3.8, 4) is 0 Å². The maximum Gasteiger partial charge on any atom is 0.306 e. The van der Waals surface area contributed by atoms with Gasteiger partial charge < -0.3 is 9.47 Å². The van der Waals surface area contributed by atoms with Crippen LogP contribution in [0.4, 0.5) is 0 Å². The molecule has 2 unspecified atom stereocenters. The normalized spacial score (nSPS) is 56.4. The third-order valence-electron chi connectivity index (χ3n) is 9.23. The van der Waals surface area contributed by atoms with Crippen molar-refractivity contribution < 1.29 is 19.1 Å². The molecule has 0 radical (unpaired) electrons. The fourth-order valence-corrected chi connectivity index (χ4v) is 7.73. The van der Waals surface area contributed by atoms with Crippen LogP contribution in [0.5, 0.6) is 0 Å². The Morgan fingerprint density at radius 2 is 1.96 bits per heavy atom. The first-order valence-electron chi connectivity index (χ1n) is 10.2. The predicted molar refractivity (Wildman–Crippen MR) is 94.2 cm³/mol.